The van der Waals surface area contributed by atoms with Crippen molar-refractivity contribution in [2.24, 2.45) is 4.99 Å². The van der Waals surface area contributed by atoms with Gasteiger partial charge in [-0.05, 0) is 43.7 Å². The fraction of sp³-hybridized carbons (Fsp3) is 0.174. The van der Waals surface area contributed by atoms with Crippen molar-refractivity contribution < 1.29 is 28.9 Å². The molecule has 164 valence electrons. The normalized spacial score (nSPS) is 17.3. The number of amides is 1. The molecule has 0 saturated carbocycles. The fourth-order valence-corrected chi connectivity index (χ4v) is 4.24. The van der Waals surface area contributed by atoms with Gasteiger partial charge in [-0.15, -0.1) is 0 Å². The first-order valence-corrected chi connectivity index (χ1v) is 10.9. The van der Waals surface area contributed by atoms with Gasteiger partial charge in [0.25, 0.3) is 5.91 Å². The first-order valence-electron chi connectivity index (χ1n) is 9.67. The number of aliphatic hydroxyl groups excluding tert-OH is 1. The maximum absolute atomic E-state index is 12.7. The summed E-state index contributed by atoms with van der Waals surface area (Å²) in [6, 6.07) is 10.2. The van der Waals surface area contributed by atoms with Gasteiger partial charge in [0.05, 0.1) is 16.5 Å². The van der Waals surface area contributed by atoms with Crippen molar-refractivity contribution in [1.82, 2.24) is 0 Å². The van der Waals surface area contributed by atoms with E-state index in [1.165, 1.54) is 0 Å². The lowest BCUT2D eigenvalue weighted by atomic mass is 10.1. The van der Waals surface area contributed by atoms with E-state index in [0.29, 0.717) is 32.6 Å². The minimum absolute atomic E-state index is 0.0506. The predicted octanol–water partition coefficient (Wildman–Crippen LogP) is 5.08. The molecule has 0 saturated heterocycles. The Labute approximate surface area is 193 Å². The van der Waals surface area contributed by atoms with Crippen molar-refractivity contribution in [3.05, 3.63) is 74.3 Å². The summed E-state index contributed by atoms with van der Waals surface area (Å²) >= 11 is 7.31. The molecule has 2 aromatic carbocycles. The van der Waals surface area contributed by atoms with Gasteiger partial charge in [-0.3, -0.25) is 4.79 Å². The van der Waals surface area contributed by atoms with Crippen molar-refractivity contribution >= 4 is 46.4 Å². The van der Waals surface area contributed by atoms with E-state index in [1.807, 2.05) is 6.92 Å². The molecule has 1 amide bonds. The Morgan fingerprint density at radius 2 is 1.91 bits per heavy atom. The highest BCUT2D eigenvalue weighted by atomic mass is 35.5. The minimum atomic E-state index is -0.770. The number of hydrogen-bond acceptors (Lipinski definition) is 7. The van der Waals surface area contributed by atoms with E-state index < -0.39 is 11.9 Å². The Kier molecular flexibility index (Phi) is 6.25. The van der Waals surface area contributed by atoms with Gasteiger partial charge in [0, 0.05) is 11.6 Å². The highest BCUT2D eigenvalue weighted by Gasteiger charge is 2.34. The quantitative estimate of drug-likeness (QED) is 0.621. The lowest BCUT2D eigenvalue weighted by molar-refractivity contribution is -0.138. The van der Waals surface area contributed by atoms with Gasteiger partial charge in [0.2, 0.25) is 6.79 Å². The number of aliphatic hydroxyl groups is 1. The van der Waals surface area contributed by atoms with Gasteiger partial charge in [0.1, 0.15) is 16.4 Å². The molecule has 2 heterocycles. The molecule has 0 spiro atoms. The zero-order valence-corrected chi connectivity index (χ0v) is 18.7. The lowest BCUT2D eigenvalue weighted by Gasteiger charge is -2.03. The Morgan fingerprint density at radius 3 is 2.59 bits per heavy atom. The molecule has 2 aromatic rings. The van der Waals surface area contributed by atoms with E-state index in [4.69, 9.17) is 25.8 Å². The van der Waals surface area contributed by atoms with E-state index in [2.05, 4.69) is 4.99 Å². The van der Waals surface area contributed by atoms with E-state index in [9.17, 15) is 14.7 Å². The van der Waals surface area contributed by atoms with Gasteiger partial charge < -0.3 is 19.3 Å². The second kappa shape index (κ2) is 9.10. The number of rotatable bonds is 4. The number of esters is 1. The van der Waals surface area contributed by atoms with Crippen LogP contribution in [0.5, 0.6) is 11.5 Å². The van der Waals surface area contributed by atoms with E-state index in [-0.39, 0.29) is 29.8 Å². The van der Waals surface area contributed by atoms with Crippen LogP contribution in [0.25, 0.3) is 6.08 Å². The molecule has 2 aliphatic heterocycles. The smallest absolute Gasteiger partial charge is 0.344 e. The highest BCUT2D eigenvalue weighted by Crippen LogP contribution is 2.42. The van der Waals surface area contributed by atoms with Crippen molar-refractivity contribution in [2.75, 3.05) is 13.4 Å². The Bertz CT molecular complexity index is 1200. The second-order valence-corrected chi connectivity index (χ2v) is 8.31. The summed E-state index contributed by atoms with van der Waals surface area (Å²) < 4.78 is 15.7. The Morgan fingerprint density at radius 1 is 1.22 bits per heavy atom. The predicted molar refractivity (Wildman–Crippen MR) is 122 cm³/mol. The molecule has 0 radical (unpaired) electrons. The van der Waals surface area contributed by atoms with Crippen LogP contribution in [0.1, 0.15) is 28.4 Å². The first kappa shape index (κ1) is 22.0. The van der Waals surface area contributed by atoms with E-state index in [1.54, 1.807) is 49.4 Å². The van der Waals surface area contributed by atoms with Gasteiger partial charge in [0.15, 0.2) is 11.5 Å². The molecule has 32 heavy (non-hydrogen) atoms. The summed E-state index contributed by atoms with van der Waals surface area (Å²) in [5, 5.41) is 11.2. The third-order valence-corrected chi connectivity index (χ3v) is 6.00. The molecular weight excluding hydrogens is 454 g/mol. The number of thioether (sulfide) groups is 1. The van der Waals surface area contributed by atoms with Crippen molar-refractivity contribution in [2.45, 2.75) is 13.8 Å². The number of aryl methyl sites for hydroxylation is 1. The molecule has 2 aliphatic rings. The van der Waals surface area contributed by atoms with Crippen LogP contribution in [0.4, 0.5) is 0 Å². The number of benzene rings is 2. The van der Waals surface area contributed by atoms with E-state index >= 15 is 0 Å². The molecule has 0 fully saturated rings. The number of ether oxygens (including phenoxy) is 3. The van der Waals surface area contributed by atoms with Crippen LogP contribution in [-0.2, 0) is 9.53 Å². The van der Waals surface area contributed by atoms with Crippen LogP contribution in [0.15, 0.2) is 57.6 Å². The molecule has 9 heteroatoms. The Balaban J connectivity index is 1.73. The monoisotopic (exact) mass is 471 g/mol. The summed E-state index contributed by atoms with van der Waals surface area (Å²) in [6.45, 7) is 3.75. The number of aliphatic imine (C=N–C) groups is 1. The zero-order valence-electron chi connectivity index (χ0n) is 17.2. The topological polar surface area (TPSA) is 94.4 Å². The molecule has 0 unspecified atom stereocenters. The molecule has 0 bridgehead atoms. The molecule has 0 atom stereocenters. The summed E-state index contributed by atoms with van der Waals surface area (Å²) in [6.07, 6.45) is 1.59. The number of fused-ring (bicyclic) bond motifs is 1. The van der Waals surface area contributed by atoms with Crippen molar-refractivity contribution in [3.63, 3.8) is 0 Å². The summed E-state index contributed by atoms with van der Waals surface area (Å²) in [5.74, 6) is -0.605. The fourth-order valence-electron chi connectivity index (χ4n) is 3.03. The lowest BCUT2D eigenvalue weighted by Crippen LogP contribution is -2.14. The van der Waals surface area contributed by atoms with Crippen molar-refractivity contribution in [3.8, 4) is 11.5 Å². The molecule has 0 aliphatic carbocycles. The summed E-state index contributed by atoms with van der Waals surface area (Å²) in [7, 11) is 0. The number of carbonyl (C=O) groups is 2. The summed E-state index contributed by atoms with van der Waals surface area (Å²) in [5.41, 5.74) is 1.74. The average molecular weight is 472 g/mol. The third-order valence-electron chi connectivity index (χ3n) is 4.65. The SMILES string of the molecule is CCOC(=O)C1=C(O)/C(=C/c2cc3c(cc2Cl)OCO3)SC1=NC(=O)c1ccc(C)cc1. The van der Waals surface area contributed by atoms with Crippen LogP contribution >= 0.6 is 23.4 Å². The molecular formula is C23H18ClNO6S. The minimum Gasteiger partial charge on any atom is -0.506 e. The Hall–Kier alpha value is -3.23. The highest BCUT2D eigenvalue weighted by molar-refractivity contribution is 8.18. The zero-order chi connectivity index (χ0) is 22.8. The largest absolute Gasteiger partial charge is 0.506 e. The number of halogens is 1. The average Bonchev–Trinajstić information content (AvgIpc) is 3.32. The molecule has 7 nitrogen and oxygen atoms in total. The second-order valence-electron chi connectivity index (χ2n) is 6.87. The maximum atomic E-state index is 12.7. The van der Waals surface area contributed by atoms with Crippen LogP contribution < -0.4 is 9.47 Å². The molecule has 4 rings (SSSR count). The number of carbonyl (C=O) groups excluding carboxylic acids is 2. The van der Waals surface area contributed by atoms with Crippen LogP contribution in [0.2, 0.25) is 5.02 Å². The maximum Gasteiger partial charge on any atom is 0.344 e. The van der Waals surface area contributed by atoms with Crippen LogP contribution in [-0.4, -0.2) is 35.4 Å². The van der Waals surface area contributed by atoms with Gasteiger partial charge >= 0.3 is 5.97 Å². The van der Waals surface area contributed by atoms with E-state index in [0.717, 1.165) is 17.3 Å². The number of hydrogen-bond donors (Lipinski definition) is 1. The standard InChI is InChI=1S/C23H18ClNO6S/c1-3-29-23(28)19-20(26)18(9-14-8-16-17(10-15(14)24)31-11-30-16)32-22(19)25-21(27)13-6-4-12(2)5-7-13/h4-10,26H,3,11H2,1-2H3/b18-9-,25-22?. The first-order chi connectivity index (χ1) is 15.4. The van der Waals surface area contributed by atoms with Gasteiger partial charge in [-0.1, -0.05) is 41.1 Å². The molecule has 0 aromatic heterocycles. The molecule has 1 N–H and O–H groups in total. The van der Waals surface area contributed by atoms with Crippen LogP contribution in [0.3, 0.4) is 0 Å². The van der Waals surface area contributed by atoms with Crippen molar-refractivity contribution in [1.29, 1.82) is 0 Å². The van der Waals surface area contributed by atoms with Gasteiger partial charge in [-0.2, -0.15) is 0 Å². The number of nitrogens with zero attached hydrogens (tertiary/aromatic N) is 1. The van der Waals surface area contributed by atoms with Gasteiger partial charge in [-0.25, -0.2) is 9.79 Å². The third kappa shape index (κ3) is 4.37. The summed E-state index contributed by atoms with van der Waals surface area (Å²) in [4.78, 5) is 29.6. The van der Waals surface area contributed by atoms with Crippen LogP contribution in [0, 0.1) is 6.92 Å².